The lowest BCUT2D eigenvalue weighted by atomic mass is 10.1. The standard InChI is InChI=1S/C24H23F2N3O4S/c1-3-16-6-4-5-7-22(16)27-23(30)15-29(2)24(31)17-8-10-18(11-9-17)28-34(32,33)19-12-13-20(25)21(26)14-19/h4-14,28H,3,15H2,1-2H3,(H,27,30). The molecule has 178 valence electrons. The summed E-state index contributed by atoms with van der Waals surface area (Å²) >= 11 is 0. The number of likely N-dealkylation sites (N-methyl/N-ethyl adjacent to an activating group) is 1. The van der Waals surface area contributed by atoms with Gasteiger partial charge in [0.2, 0.25) is 5.91 Å². The summed E-state index contributed by atoms with van der Waals surface area (Å²) < 4.78 is 53.5. The van der Waals surface area contributed by atoms with E-state index in [4.69, 9.17) is 0 Å². The molecular weight excluding hydrogens is 464 g/mol. The summed E-state index contributed by atoms with van der Waals surface area (Å²) in [6.45, 7) is 1.80. The van der Waals surface area contributed by atoms with Crippen molar-refractivity contribution in [1.82, 2.24) is 4.90 Å². The van der Waals surface area contributed by atoms with Gasteiger partial charge in [-0.25, -0.2) is 17.2 Å². The first-order valence-electron chi connectivity index (χ1n) is 10.3. The van der Waals surface area contributed by atoms with Gasteiger partial charge in [0.25, 0.3) is 15.9 Å². The number of para-hydroxylation sites is 1. The largest absolute Gasteiger partial charge is 0.332 e. The van der Waals surface area contributed by atoms with Gasteiger partial charge < -0.3 is 10.2 Å². The number of nitrogens with one attached hydrogen (secondary N) is 2. The highest BCUT2D eigenvalue weighted by molar-refractivity contribution is 7.92. The van der Waals surface area contributed by atoms with Gasteiger partial charge in [-0.05, 0) is 60.5 Å². The minimum Gasteiger partial charge on any atom is -0.332 e. The number of carbonyl (C=O) groups is 2. The SMILES string of the molecule is CCc1ccccc1NC(=O)CN(C)C(=O)c1ccc(NS(=O)(=O)c2ccc(F)c(F)c2)cc1. The zero-order valence-corrected chi connectivity index (χ0v) is 19.3. The first-order valence-corrected chi connectivity index (χ1v) is 11.8. The third kappa shape index (κ3) is 5.96. The van der Waals surface area contributed by atoms with Crippen LogP contribution in [0.3, 0.4) is 0 Å². The van der Waals surface area contributed by atoms with E-state index in [-0.39, 0.29) is 23.7 Å². The number of anilines is 2. The zero-order chi connectivity index (χ0) is 24.9. The molecule has 0 aliphatic heterocycles. The highest BCUT2D eigenvalue weighted by atomic mass is 32.2. The van der Waals surface area contributed by atoms with E-state index in [1.807, 2.05) is 25.1 Å². The summed E-state index contributed by atoms with van der Waals surface area (Å²) in [5.74, 6) is -3.23. The summed E-state index contributed by atoms with van der Waals surface area (Å²) in [6, 6.07) is 15.1. The molecule has 34 heavy (non-hydrogen) atoms. The van der Waals surface area contributed by atoms with Crippen LogP contribution in [0.5, 0.6) is 0 Å². The molecule has 3 aromatic carbocycles. The predicted octanol–water partition coefficient (Wildman–Crippen LogP) is 4.04. The molecule has 2 amide bonds. The van der Waals surface area contributed by atoms with Crippen molar-refractivity contribution in [2.75, 3.05) is 23.6 Å². The van der Waals surface area contributed by atoms with Crippen molar-refractivity contribution >= 4 is 33.2 Å². The van der Waals surface area contributed by atoms with Gasteiger partial charge in [0, 0.05) is 24.0 Å². The van der Waals surface area contributed by atoms with Crippen LogP contribution in [0.1, 0.15) is 22.8 Å². The van der Waals surface area contributed by atoms with Crippen LogP contribution in [0.15, 0.2) is 71.6 Å². The van der Waals surface area contributed by atoms with E-state index >= 15 is 0 Å². The van der Waals surface area contributed by atoms with Crippen molar-refractivity contribution in [3.63, 3.8) is 0 Å². The molecule has 2 N–H and O–H groups in total. The quantitative estimate of drug-likeness (QED) is 0.501. The molecule has 7 nitrogen and oxygen atoms in total. The number of hydrogen-bond donors (Lipinski definition) is 2. The van der Waals surface area contributed by atoms with Gasteiger partial charge in [0.1, 0.15) is 0 Å². The third-order valence-corrected chi connectivity index (χ3v) is 6.36. The Hall–Kier alpha value is -3.79. The molecular formula is C24H23F2N3O4S. The number of amides is 2. The fourth-order valence-corrected chi connectivity index (χ4v) is 4.26. The van der Waals surface area contributed by atoms with Crippen molar-refractivity contribution in [3.8, 4) is 0 Å². The van der Waals surface area contributed by atoms with Crippen molar-refractivity contribution < 1.29 is 26.8 Å². The first-order chi connectivity index (χ1) is 16.1. The van der Waals surface area contributed by atoms with Gasteiger partial charge in [-0.15, -0.1) is 0 Å². The normalized spacial score (nSPS) is 11.1. The maximum absolute atomic E-state index is 13.4. The molecule has 3 aromatic rings. The van der Waals surface area contributed by atoms with Crippen LogP contribution in [-0.4, -0.2) is 38.7 Å². The van der Waals surface area contributed by atoms with Crippen LogP contribution in [0, 0.1) is 11.6 Å². The van der Waals surface area contributed by atoms with Crippen LogP contribution in [-0.2, 0) is 21.2 Å². The summed E-state index contributed by atoms with van der Waals surface area (Å²) in [4.78, 5) is 25.9. The molecule has 0 atom stereocenters. The Morgan fingerprint density at radius 1 is 0.941 bits per heavy atom. The molecule has 0 aromatic heterocycles. The summed E-state index contributed by atoms with van der Waals surface area (Å²) in [7, 11) is -2.68. The van der Waals surface area contributed by atoms with Gasteiger partial charge in [-0.1, -0.05) is 25.1 Å². The molecule has 0 aliphatic rings. The molecule has 0 saturated heterocycles. The molecule has 0 bridgehead atoms. The van der Waals surface area contributed by atoms with Crippen molar-refractivity contribution in [2.24, 2.45) is 0 Å². The van der Waals surface area contributed by atoms with E-state index < -0.39 is 32.5 Å². The molecule has 0 aliphatic carbocycles. The van der Waals surface area contributed by atoms with Crippen LogP contribution in [0.2, 0.25) is 0 Å². The molecule has 3 rings (SSSR count). The topological polar surface area (TPSA) is 95.6 Å². The molecule has 0 saturated carbocycles. The molecule has 0 spiro atoms. The molecule has 0 radical (unpaired) electrons. The van der Waals surface area contributed by atoms with E-state index in [1.165, 1.54) is 36.2 Å². The third-order valence-electron chi connectivity index (χ3n) is 4.99. The average Bonchev–Trinajstić information content (AvgIpc) is 2.80. The number of hydrogen-bond acceptors (Lipinski definition) is 4. The van der Waals surface area contributed by atoms with E-state index in [0.29, 0.717) is 11.8 Å². The van der Waals surface area contributed by atoms with Gasteiger partial charge in [0.15, 0.2) is 11.6 Å². The predicted molar refractivity (Wildman–Crippen MR) is 125 cm³/mol. The van der Waals surface area contributed by atoms with Gasteiger partial charge >= 0.3 is 0 Å². The molecule has 0 heterocycles. The van der Waals surface area contributed by atoms with Gasteiger partial charge in [-0.3, -0.25) is 14.3 Å². The zero-order valence-electron chi connectivity index (χ0n) is 18.5. The number of carbonyl (C=O) groups excluding carboxylic acids is 2. The average molecular weight is 488 g/mol. The summed E-state index contributed by atoms with van der Waals surface area (Å²) in [5.41, 5.74) is 2.03. The van der Waals surface area contributed by atoms with Crippen LogP contribution in [0.4, 0.5) is 20.2 Å². The van der Waals surface area contributed by atoms with E-state index in [2.05, 4.69) is 10.0 Å². The number of nitrogens with zero attached hydrogens (tertiary/aromatic N) is 1. The monoisotopic (exact) mass is 487 g/mol. The van der Waals surface area contributed by atoms with E-state index in [9.17, 15) is 26.8 Å². The van der Waals surface area contributed by atoms with Gasteiger partial charge in [-0.2, -0.15) is 0 Å². The number of sulfonamides is 1. The van der Waals surface area contributed by atoms with Crippen LogP contribution >= 0.6 is 0 Å². The minimum absolute atomic E-state index is 0.123. The highest BCUT2D eigenvalue weighted by Gasteiger charge is 2.19. The van der Waals surface area contributed by atoms with Crippen molar-refractivity contribution in [2.45, 2.75) is 18.2 Å². The Labute approximate surface area is 196 Å². The van der Waals surface area contributed by atoms with Gasteiger partial charge in [0.05, 0.1) is 11.4 Å². The lowest BCUT2D eigenvalue weighted by Crippen LogP contribution is -2.35. The smallest absolute Gasteiger partial charge is 0.261 e. The van der Waals surface area contributed by atoms with Crippen LogP contribution in [0.25, 0.3) is 0 Å². The first kappa shape index (κ1) is 24.8. The number of rotatable bonds is 8. The number of aryl methyl sites for hydroxylation is 1. The highest BCUT2D eigenvalue weighted by Crippen LogP contribution is 2.19. The number of benzene rings is 3. The van der Waals surface area contributed by atoms with Crippen molar-refractivity contribution in [3.05, 3.63) is 89.5 Å². The second kappa shape index (κ2) is 10.4. The summed E-state index contributed by atoms with van der Waals surface area (Å²) in [6.07, 6.45) is 0.747. The second-order valence-corrected chi connectivity index (χ2v) is 9.16. The maximum Gasteiger partial charge on any atom is 0.261 e. The van der Waals surface area contributed by atoms with E-state index in [0.717, 1.165) is 24.1 Å². The Bertz CT molecular complexity index is 1310. The maximum atomic E-state index is 13.4. The lowest BCUT2D eigenvalue weighted by Gasteiger charge is -2.18. The Kier molecular flexibility index (Phi) is 7.62. The Morgan fingerprint density at radius 3 is 2.26 bits per heavy atom. The van der Waals surface area contributed by atoms with E-state index in [1.54, 1.807) is 6.07 Å². The summed E-state index contributed by atoms with van der Waals surface area (Å²) in [5, 5.41) is 2.80. The van der Waals surface area contributed by atoms with Crippen molar-refractivity contribution in [1.29, 1.82) is 0 Å². The Morgan fingerprint density at radius 2 is 1.62 bits per heavy atom. The second-order valence-electron chi connectivity index (χ2n) is 7.48. The molecule has 0 unspecified atom stereocenters. The van der Waals surface area contributed by atoms with Crippen LogP contribution < -0.4 is 10.0 Å². The molecule has 0 fully saturated rings. The Balaban J connectivity index is 1.63. The lowest BCUT2D eigenvalue weighted by molar-refractivity contribution is -0.116. The minimum atomic E-state index is -4.16. The number of halogens is 2. The fraction of sp³-hybridized carbons (Fsp3) is 0.167. The molecule has 10 heteroatoms. The fourth-order valence-electron chi connectivity index (χ4n) is 3.19.